The molecule has 1 N–H and O–H groups in total. The van der Waals surface area contributed by atoms with Gasteiger partial charge in [0.1, 0.15) is 0 Å². The van der Waals surface area contributed by atoms with E-state index < -0.39 is 40.4 Å². The minimum Gasteiger partial charge on any atom is -0.478 e. The van der Waals surface area contributed by atoms with E-state index in [2.05, 4.69) is 0 Å². The number of nitrogens with zero attached hydrogens (tertiary/aromatic N) is 1. The number of Topliss-reactive ketones (excluding diaryl/α,β-unsaturated/α-hetero) is 1. The number of carbonyl (C=O) groups is 4. The van der Waals surface area contributed by atoms with E-state index in [1.165, 1.54) is 18.2 Å². The van der Waals surface area contributed by atoms with Gasteiger partial charge in [0.05, 0.1) is 38.9 Å². The summed E-state index contributed by atoms with van der Waals surface area (Å²) in [6.07, 6.45) is 0. The second-order valence-corrected chi connectivity index (χ2v) is 13.7. The number of carboxylic acids is 1. The number of anilines is 1. The van der Waals surface area contributed by atoms with Gasteiger partial charge in [0, 0.05) is 10.0 Å². The minimum atomic E-state index is -1.65. The molecule has 1 saturated carbocycles. The largest absolute Gasteiger partial charge is 0.478 e. The molecule has 4 atom stereocenters. The quantitative estimate of drug-likeness (QED) is 0.179. The first-order chi connectivity index (χ1) is 23.6. The summed E-state index contributed by atoms with van der Waals surface area (Å²) in [5, 5.41) is 10.7. The van der Waals surface area contributed by atoms with E-state index in [9.17, 15) is 9.90 Å². The molecule has 2 fully saturated rings. The number of amides is 2. The van der Waals surface area contributed by atoms with Gasteiger partial charge in [-0.25, -0.2) is 9.69 Å². The summed E-state index contributed by atoms with van der Waals surface area (Å²) >= 11 is 19.0. The molecule has 2 amide bonds. The predicted octanol–water partition coefficient (Wildman–Crippen LogP) is 8.53. The average Bonchev–Trinajstić information content (AvgIpc) is 3.62. The van der Waals surface area contributed by atoms with Crippen molar-refractivity contribution in [3.8, 4) is 0 Å². The van der Waals surface area contributed by atoms with E-state index in [0.29, 0.717) is 32.3 Å². The molecule has 9 heteroatoms. The molecule has 0 unspecified atom stereocenters. The number of ketones is 1. The first-order valence-corrected chi connectivity index (χ1v) is 16.6. The summed E-state index contributed by atoms with van der Waals surface area (Å²) in [4.78, 5) is 59.3. The number of fused-ring (bicyclic) bond motifs is 5. The maximum atomic E-state index is 16.0. The molecule has 8 rings (SSSR count). The lowest BCUT2D eigenvalue weighted by atomic mass is 9.59. The van der Waals surface area contributed by atoms with Gasteiger partial charge in [-0.2, -0.15) is 0 Å². The van der Waals surface area contributed by atoms with Crippen molar-refractivity contribution < 1.29 is 24.3 Å². The Morgan fingerprint density at radius 1 is 0.592 bits per heavy atom. The number of aromatic carboxylic acids is 1. The Balaban J connectivity index is 1.53. The highest BCUT2D eigenvalue weighted by Gasteiger charge is 2.82. The summed E-state index contributed by atoms with van der Waals surface area (Å²) < 4.78 is 0. The van der Waals surface area contributed by atoms with Crippen LogP contribution in [0.15, 0.2) is 127 Å². The Labute approximate surface area is 296 Å². The van der Waals surface area contributed by atoms with Gasteiger partial charge < -0.3 is 5.11 Å². The van der Waals surface area contributed by atoms with Crippen molar-refractivity contribution in [2.75, 3.05) is 4.90 Å². The van der Waals surface area contributed by atoms with Gasteiger partial charge in [-0.3, -0.25) is 14.4 Å². The van der Waals surface area contributed by atoms with Crippen molar-refractivity contribution in [3.05, 3.63) is 170 Å². The third kappa shape index (κ3) is 4.15. The van der Waals surface area contributed by atoms with E-state index in [1.807, 2.05) is 60.7 Å². The van der Waals surface area contributed by atoms with Crippen LogP contribution in [0, 0.1) is 11.8 Å². The van der Waals surface area contributed by atoms with Gasteiger partial charge in [-0.05, 0) is 75.9 Å². The SMILES string of the molecule is O=C(O)c1cc(N2C(=O)[C@H]3[C@H](C2=O)[C@]2(c4ccc(Cl)cc4)C(=O)[C@]3(c3ccc(Cl)cc3)C(c3ccccc3)=C2c2ccccc2)ccc1Cl. The molecule has 5 aromatic rings. The zero-order chi connectivity index (χ0) is 34.2. The Morgan fingerprint density at radius 2 is 1.02 bits per heavy atom. The summed E-state index contributed by atoms with van der Waals surface area (Å²) in [5.41, 5.74) is 0.208. The van der Waals surface area contributed by atoms with Gasteiger partial charge in [-0.15, -0.1) is 0 Å². The predicted molar refractivity (Wildman–Crippen MR) is 189 cm³/mol. The van der Waals surface area contributed by atoms with Crippen LogP contribution in [0.25, 0.3) is 11.1 Å². The highest BCUT2D eigenvalue weighted by Crippen LogP contribution is 2.74. The maximum absolute atomic E-state index is 16.0. The van der Waals surface area contributed by atoms with Crippen LogP contribution >= 0.6 is 34.8 Å². The van der Waals surface area contributed by atoms with Crippen LogP contribution in [0.5, 0.6) is 0 Å². The van der Waals surface area contributed by atoms with E-state index in [4.69, 9.17) is 34.8 Å². The van der Waals surface area contributed by atoms with Crippen LogP contribution in [-0.4, -0.2) is 28.7 Å². The van der Waals surface area contributed by atoms with Gasteiger partial charge in [0.2, 0.25) is 11.8 Å². The highest BCUT2D eigenvalue weighted by atomic mass is 35.5. The fraction of sp³-hybridized carbons (Fsp3) is 0.100. The smallest absolute Gasteiger partial charge is 0.337 e. The Morgan fingerprint density at radius 3 is 1.43 bits per heavy atom. The zero-order valence-electron chi connectivity index (χ0n) is 25.4. The van der Waals surface area contributed by atoms with Crippen LogP contribution in [0.3, 0.4) is 0 Å². The lowest BCUT2D eigenvalue weighted by Gasteiger charge is -2.39. The molecule has 240 valence electrons. The van der Waals surface area contributed by atoms with Crippen LogP contribution in [-0.2, 0) is 25.2 Å². The van der Waals surface area contributed by atoms with Crippen LogP contribution in [0.4, 0.5) is 5.69 Å². The van der Waals surface area contributed by atoms with Crippen molar-refractivity contribution in [1.82, 2.24) is 0 Å². The molecule has 3 aliphatic rings. The molecular formula is C40H24Cl3NO5. The normalized spacial score (nSPS) is 24.1. The maximum Gasteiger partial charge on any atom is 0.337 e. The lowest BCUT2D eigenvalue weighted by Crippen LogP contribution is -2.45. The molecule has 1 aliphatic heterocycles. The van der Waals surface area contributed by atoms with Gasteiger partial charge >= 0.3 is 5.97 Å². The number of hydrogen-bond acceptors (Lipinski definition) is 4. The summed E-state index contributed by atoms with van der Waals surface area (Å²) in [6, 6.07) is 36.6. The van der Waals surface area contributed by atoms with E-state index >= 15 is 14.4 Å². The van der Waals surface area contributed by atoms with Crippen LogP contribution < -0.4 is 4.90 Å². The van der Waals surface area contributed by atoms with Crippen LogP contribution in [0.2, 0.25) is 15.1 Å². The molecule has 5 aromatic carbocycles. The topological polar surface area (TPSA) is 91.8 Å². The number of benzene rings is 5. The Kier molecular flexibility index (Phi) is 7.20. The van der Waals surface area contributed by atoms with Gasteiger partial charge in [-0.1, -0.05) is 120 Å². The molecular weight excluding hydrogens is 681 g/mol. The Bertz CT molecular complexity index is 2130. The number of hydrogen-bond donors (Lipinski definition) is 1. The molecule has 1 saturated heterocycles. The minimum absolute atomic E-state index is 0.0413. The summed E-state index contributed by atoms with van der Waals surface area (Å²) in [7, 11) is 0. The molecule has 6 nitrogen and oxygen atoms in total. The molecule has 2 bridgehead atoms. The second-order valence-electron chi connectivity index (χ2n) is 12.4. The summed E-state index contributed by atoms with van der Waals surface area (Å²) in [5.74, 6) is -5.24. The van der Waals surface area contributed by atoms with Crippen molar-refractivity contribution in [3.63, 3.8) is 0 Å². The standard InChI is InChI=1S/C40H24Cl3NO5/c41-26-15-11-24(12-16-26)39-31(22-7-3-1-4-8-22)32(23-9-5-2-6-10-23)40(38(39)49,25-13-17-27(42)18-14-25)34-33(39)35(45)44(36(34)46)28-19-20-30(43)29(21-28)37(47)48/h1-21,33-34H,(H,47,48)/t33-,34-,39-,40-/m1/s1. The first-order valence-electron chi connectivity index (χ1n) is 15.5. The van der Waals surface area contributed by atoms with Crippen molar-refractivity contribution in [2.45, 2.75) is 10.8 Å². The van der Waals surface area contributed by atoms with Crippen molar-refractivity contribution >= 4 is 75.2 Å². The molecule has 2 aliphatic carbocycles. The number of imide groups is 1. The third-order valence-electron chi connectivity index (χ3n) is 10.2. The number of carbonyl (C=O) groups excluding carboxylic acids is 3. The van der Waals surface area contributed by atoms with Crippen molar-refractivity contribution in [1.29, 1.82) is 0 Å². The molecule has 0 spiro atoms. The molecule has 0 radical (unpaired) electrons. The monoisotopic (exact) mass is 703 g/mol. The van der Waals surface area contributed by atoms with Crippen LogP contribution in [0.1, 0.15) is 32.6 Å². The first kappa shape index (κ1) is 31.3. The fourth-order valence-electron chi connectivity index (χ4n) is 8.43. The Hall–Kier alpha value is -5.01. The lowest BCUT2D eigenvalue weighted by molar-refractivity contribution is -0.130. The zero-order valence-corrected chi connectivity index (χ0v) is 27.7. The number of rotatable bonds is 6. The summed E-state index contributed by atoms with van der Waals surface area (Å²) in [6.45, 7) is 0. The highest BCUT2D eigenvalue weighted by molar-refractivity contribution is 6.39. The third-order valence-corrected chi connectivity index (χ3v) is 11.0. The van der Waals surface area contributed by atoms with Gasteiger partial charge in [0.15, 0.2) is 5.78 Å². The number of halogens is 3. The second kappa shape index (κ2) is 11.3. The van der Waals surface area contributed by atoms with E-state index in [0.717, 1.165) is 16.0 Å². The number of allylic oxidation sites excluding steroid dienone is 2. The van der Waals surface area contributed by atoms with Crippen molar-refractivity contribution in [2.24, 2.45) is 11.8 Å². The molecule has 1 heterocycles. The van der Waals surface area contributed by atoms with E-state index in [-0.39, 0.29) is 22.1 Å². The van der Waals surface area contributed by atoms with Gasteiger partial charge in [0.25, 0.3) is 0 Å². The molecule has 49 heavy (non-hydrogen) atoms. The average molecular weight is 705 g/mol. The fourth-order valence-corrected chi connectivity index (χ4v) is 8.88. The number of carboxylic acid groups (broad SMARTS) is 1. The molecule has 0 aromatic heterocycles. The van der Waals surface area contributed by atoms with E-state index in [1.54, 1.807) is 48.5 Å².